The van der Waals surface area contributed by atoms with E-state index in [2.05, 4.69) is 40.9 Å². The second-order valence-electron chi connectivity index (χ2n) is 10.7. The highest BCUT2D eigenvalue weighted by Crippen LogP contribution is 2.49. The second-order valence-corrected chi connectivity index (χ2v) is 10.7. The lowest BCUT2D eigenvalue weighted by molar-refractivity contribution is -0.0653. The van der Waals surface area contributed by atoms with E-state index < -0.39 is 0 Å². The maximum Gasteiger partial charge on any atom is 0.410 e. The minimum absolute atomic E-state index is 0.0167. The Labute approximate surface area is 186 Å². The van der Waals surface area contributed by atoms with Gasteiger partial charge in [-0.2, -0.15) is 0 Å². The van der Waals surface area contributed by atoms with Crippen LogP contribution in [0.1, 0.15) is 59.3 Å². The number of rotatable bonds is 2. The SMILES string of the molecule is CC(C)(C)C1N(C(=O)OC2CCN(c3ccc(N)nc3)CC2)CCCC12CCNCC2. The number of hydrogen-bond donors (Lipinski definition) is 2. The number of nitrogens with one attached hydrogen (secondary N) is 1. The van der Waals surface area contributed by atoms with E-state index in [1.807, 2.05) is 18.3 Å². The number of nitrogen functional groups attached to an aromatic ring is 1. The van der Waals surface area contributed by atoms with Crippen molar-refractivity contribution < 1.29 is 9.53 Å². The van der Waals surface area contributed by atoms with E-state index >= 15 is 0 Å². The third kappa shape index (κ3) is 4.76. The van der Waals surface area contributed by atoms with Gasteiger partial charge in [-0.25, -0.2) is 9.78 Å². The number of nitrogens with two attached hydrogens (primary N) is 1. The topological polar surface area (TPSA) is 83.7 Å². The van der Waals surface area contributed by atoms with Gasteiger partial charge in [0, 0.05) is 38.5 Å². The Hall–Kier alpha value is -2.02. The van der Waals surface area contributed by atoms with Gasteiger partial charge in [-0.15, -0.1) is 0 Å². The summed E-state index contributed by atoms with van der Waals surface area (Å²) in [6.07, 6.45) is 7.97. The molecule has 1 aromatic heterocycles. The molecule has 31 heavy (non-hydrogen) atoms. The molecule has 172 valence electrons. The predicted molar refractivity (Wildman–Crippen MR) is 124 cm³/mol. The summed E-state index contributed by atoms with van der Waals surface area (Å²) in [5.41, 5.74) is 7.03. The van der Waals surface area contributed by atoms with Crippen LogP contribution in [0.4, 0.5) is 16.3 Å². The summed E-state index contributed by atoms with van der Waals surface area (Å²) in [4.78, 5) is 22.0. The number of carbonyl (C=O) groups is 1. The molecule has 1 spiro atoms. The highest BCUT2D eigenvalue weighted by atomic mass is 16.6. The fourth-order valence-electron chi connectivity index (χ4n) is 6.26. The van der Waals surface area contributed by atoms with E-state index in [1.165, 1.54) is 6.42 Å². The zero-order valence-electron chi connectivity index (χ0n) is 19.4. The van der Waals surface area contributed by atoms with E-state index in [-0.39, 0.29) is 29.1 Å². The zero-order valence-corrected chi connectivity index (χ0v) is 19.4. The first-order valence-electron chi connectivity index (χ1n) is 11.9. The van der Waals surface area contributed by atoms with Gasteiger partial charge in [-0.1, -0.05) is 20.8 Å². The maximum atomic E-state index is 13.4. The number of nitrogens with zero attached hydrogens (tertiary/aromatic N) is 3. The van der Waals surface area contributed by atoms with Crippen molar-refractivity contribution in [3.05, 3.63) is 18.3 Å². The van der Waals surface area contributed by atoms with Crippen LogP contribution in [0.5, 0.6) is 0 Å². The van der Waals surface area contributed by atoms with E-state index in [9.17, 15) is 4.79 Å². The van der Waals surface area contributed by atoms with Crippen LogP contribution in [0.2, 0.25) is 0 Å². The van der Waals surface area contributed by atoms with Crippen molar-refractivity contribution in [2.24, 2.45) is 10.8 Å². The first-order valence-corrected chi connectivity index (χ1v) is 11.9. The number of anilines is 2. The number of likely N-dealkylation sites (tertiary alicyclic amines) is 1. The van der Waals surface area contributed by atoms with Crippen molar-refractivity contribution in [2.75, 3.05) is 43.4 Å². The third-order valence-electron chi connectivity index (χ3n) is 7.46. The molecule has 1 amide bonds. The van der Waals surface area contributed by atoms with Gasteiger partial charge < -0.3 is 25.6 Å². The van der Waals surface area contributed by atoms with Crippen LogP contribution in [0.15, 0.2) is 18.3 Å². The van der Waals surface area contributed by atoms with Crippen LogP contribution in [0.25, 0.3) is 0 Å². The van der Waals surface area contributed by atoms with Crippen LogP contribution in [0, 0.1) is 10.8 Å². The molecule has 1 atom stereocenters. The van der Waals surface area contributed by atoms with Crippen LogP contribution >= 0.6 is 0 Å². The molecule has 0 bridgehead atoms. The molecule has 1 unspecified atom stereocenters. The normalized spacial score (nSPS) is 24.9. The summed E-state index contributed by atoms with van der Waals surface area (Å²) in [5.74, 6) is 0.536. The summed E-state index contributed by atoms with van der Waals surface area (Å²) in [6.45, 7) is 11.5. The Balaban J connectivity index is 1.40. The van der Waals surface area contributed by atoms with Crippen molar-refractivity contribution in [1.29, 1.82) is 0 Å². The molecule has 0 radical (unpaired) electrons. The van der Waals surface area contributed by atoms with Gasteiger partial charge in [0.1, 0.15) is 11.9 Å². The lowest BCUT2D eigenvalue weighted by Crippen LogP contribution is -2.62. The van der Waals surface area contributed by atoms with Crippen LogP contribution in [-0.2, 0) is 4.74 Å². The smallest absolute Gasteiger partial charge is 0.410 e. The number of amides is 1. The summed E-state index contributed by atoms with van der Waals surface area (Å²) < 4.78 is 6.10. The fraction of sp³-hybridized carbons (Fsp3) is 0.750. The van der Waals surface area contributed by atoms with E-state index in [1.54, 1.807) is 0 Å². The Morgan fingerprint density at radius 2 is 1.87 bits per heavy atom. The second kappa shape index (κ2) is 8.85. The first kappa shape index (κ1) is 22.2. The van der Waals surface area contributed by atoms with Gasteiger partial charge in [-0.05, 0) is 61.7 Å². The predicted octanol–water partition coefficient (Wildman–Crippen LogP) is 3.65. The molecule has 4 rings (SSSR count). The van der Waals surface area contributed by atoms with Crippen LogP contribution in [-0.4, -0.2) is 60.8 Å². The number of pyridine rings is 1. The van der Waals surface area contributed by atoms with Gasteiger partial charge in [0.25, 0.3) is 0 Å². The van der Waals surface area contributed by atoms with E-state index in [4.69, 9.17) is 10.5 Å². The van der Waals surface area contributed by atoms with Crippen molar-refractivity contribution in [3.63, 3.8) is 0 Å². The minimum atomic E-state index is -0.106. The van der Waals surface area contributed by atoms with Crippen molar-refractivity contribution in [1.82, 2.24) is 15.2 Å². The highest BCUT2D eigenvalue weighted by Gasteiger charge is 2.52. The Morgan fingerprint density at radius 3 is 2.48 bits per heavy atom. The third-order valence-corrected chi connectivity index (χ3v) is 7.46. The van der Waals surface area contributed by atoms with Crippen LogP contribution in [0.3, 0.4) is 0 Å². The monoisotopic (exact) mass is 429 g/mol. The lowest BCUT2D eigenvalue weighted by atomic mass is 9.60. The fourth-order valence-corrected chi connectivity index (χ4v) is 6.26. The van der Waals surface area contributed by atoms with Crippen molar-refractivity contribution >= 4 is 17.6 Å². The number of carbonyl (C=O) groups excluding carboxylic acids is 1. The first-order chi connectivity index (χ1) is 14.8. The molecule has 7 nitrogen and oxygen atoms in total. The average molecular weight is 430 g/mol. The molecule has 0 aromatic carbocycles. The molecule has 7 heteroatoms. The van der Waals surface area contributed by atoms with Gasteiger partial charge >= 0.3 is 6.09 Å². The number of hydrogen-bond acceptors (Lipinski definition) is 6. The van der Waals surface area contributed by atoms with Gasteiger partial charge in [0.15, 0.2) is 0 Å². The lowest BCUT2D eigenvalue weighted by Gasteiger charge is -2.56. The standard InChI is InChI=1S/C24H39N5O2/c1-23(2,3)21-24(10-12-26-13-11-24)9-4-14-29(21)22(30)31-19-7-15-28(16-8-19)18-5-6-20(25)27-17-18/h5-6,17,19,21,26H,4,7-16H2,1-3H3,(H2,25,27). The zero-order chi connectivity index (χ0) is 22.1. The molecule has 0 saturated carbocycles. The maximum absolute atomic E-state index is 13.4. The van der Waals surface area contributed by atoms with E-state index in [0.29, 0.717) is 5.82 Å². The quantitative estimate of drug-likeness (QED) is 0.747. The molecular formula is C24H39N5O2. The molecule has 3 N–H and O–H groups in total. The molecule has 3 fully saturated rings. The molecule has 4 heterocycles. The molecule has 1 aromatic rings. The average Bonchev–Trinajstić information content (AvgIpc) is 2.74. The summed E-state index contributed by atoms with van der Waals surface area (Å²) in [7, 11) is 0. The largest absolute Gasteiger partial charge is 0.446 e. The number of piperidine rings is 3. The summed E-state index contributed by atoms with van der Waals surface area (Å²) >= 11 is 0. The van der Waals surface area contributed by atoms with Crippen LogP contribution < -0.4 is 16.0 Å². The molecule has 3 saturated heterocycles. The van der Waals surface area contributed by atoms with Gasteiger partial charge in [-0.3, -0.25) is 0 Å². The van der Waals surface area contributed by atoms with Gasteiger partial charge in [0.05, 0.1) is 11.9 Å². The Morgan fingerprint density at radius 1 is 1.16 bits per heavy atom. The summed E-state index contributed by atoms with van der Waals surface area (Å²) in [5, 5.41) is 3.51. The summed E-state index contributed by atoms with van der Waals surface area (Å²) in [6, 6.07) is 4.07. The Kier molecular flexibility index (Phi) is 6.33. The highest BCUT2D eigenvalue weighted by molar-refractivity contribution is 5.69. The Bertz CT molecular complexity index is 741. The van der Waals surface area contributed by atoms with Gasteiger partial charge in [0.2, 0.25) is 0 Å². The molecule has 3 aliphatic rings. The van der Waals surface area contributed by atoms with Crippen molar-refractivity contribution in [3.8, 4) is 0 Å². The molecule has 0 aliphatic carbocycles. The number of ether oxygens (including phenoxy) is 1. The minimum Gasteiger partial charge on any atom is -0.446 e. The van der Waals surface area contributed by atoms with E-state index in [0.717, 1.165) is 70.5 Å². The molecular weight excluding hydrogens is 390 g/mol. The molecule has 3 aliphatic heterocycles. The number of aromatic nitrogens is 1. The van der Waals surface area contributed by atoms with Crippen molar-refractivity contribution in [2.45, 2.75) is 71.4 Å².